The maximum Gasteiger partial charge on any atom is 0.231 e. The number of unbranched alkanes of at least 4 members (excludes halogenated alkanes) is 1. The quantitative estimate of drug-likeness (QED) is 0.694. The van der Waals surface area contributed by atoms with Crippen molar-refractivity contribution in [2.75, 3.05) is 19.7 Å². The van der Waals surface area contributed by atoms with Crippen LogP contribution in [0, 0.1) is 0 Å². The van der Waals surface area contributed by atoms with E-state index in [2.05, 4.69) is 6.92 Å². The van der Waals surface area contributed by atoms with Gasteiger partial charge in [-0.25, -0.2) is 0 Å². The first-order valence-corrected chi connectivity index (χ1v) is 7.52. The molecule has 5 heteroatoms. The second-order valence-corrected chi connectivity index (χ2v) is 5.17. The molecule has 0 aliphatic rings. The van der Waals surface area contributed by atoms with Gasteiger partial charge < -0.3 is 15.6 Å². The van der Waals surface area contributed by atoms with Crippen molar-refractivity contribution in [1.82, 2.24) is 4.90 Å². The molecule has 0 aromatic heterocycles. The van der Waals surface area contributed by atoms with Gasteiger partial charge in [-0.05, 0) is 25.5 Å². The second kappa shape index (κ2) is 9.23. The smallest absolute Gasteiger partial charge is 0.231 e. The standard InChI is InChI=1S/C16H26N2O3/c1-3-5-8-18(12-16(17)20)11-13-6-7-14(10-15(13)19)21-9-4-2/h6-7,10,19H,3-5,8-9,11-12H2,1-2H3,(H2,17,20). The summed E-state index contributed by atoms with van der Waals surface area (Å²) in [6, 6.07) is 5.29. The minimum atomic E-state index is -0.353. The van der Waals surface area contributed by atoms with Gasteiger partial charge in [-0.15, -0.1) is 0 Å². The number of phenolic OH excluding ortho intramolecular Hbond substituents is 1. The lowest BCUT2D eigenvalue weighted by Crippen LogP contribution is -2.34. The number of carbonyl (C=O) groups excluding carboxylic acids is 1. The van der Waals surface area contributed by atoms with Crippen molar-refractivity contribution >= 4 is 5.91 Å². The molecule has 0 aliphatic carbocycles. The molecule has 21 heavy (non-hydrogen) atoms. The zero-order valence-electron chi connectivity index (χ0n) is 13.0. The van der Waals surface area contributed by atoms with Gasteiger partial charge >= 0.3 is 0 Å². The van der Waals surface area contributed by atoms with Crippen LogP contribution in [0.1, 0.15) is 38.7 Å². The molecule has 0 bridgehead atoms. The lowest BCUT2D eigenvalue weighted by Gasteiger charge is -2.21. The fourth-order valence-electron chi connectivity index (χ4n) is 2.04. The molecule has 0 saturated heterocycles. The van der Waals surface area contributed by atoms with E-state index in [-0.39, 0.29) is 18.2 Å². The zero-order chi connectivity index (χ0) is 15.7. The van der Waals surface area contributed by atoms with Crippen LogP contribution in [-0.2, 0) is 11.3 Å². The molecule has 0 aliphatic heterocycles. The van der Waals surface area contributed by atoms with Crippen LogP contribution >= 0.6 is 0 Å². The van der Waals surface area contributed by atoms with Crippen LogP contribution < -0.4 is 10.5 Å². The van der Waals surface area contributed by atoms with Gasteiger partial charge in [0.25, 0.3) is 0 Å². The maximum absolute atomic E-state index is 11.1. The van der Waals surface area contributed by atoms with Crippen molar-refractivity contribution in [3.05, 3.63) is 23.8 Å². The lowest BCUT2D eigenvalue weighted by molar-refractivity contribution is -0.119. The van der Waals surface area contributed by atoms with Gasteiger partial charge in [0, 0.05) is 18.2 Å². The third kappa shape index (κ3) is 6.49. The predicted octanol–water partition coefficient (Wildman–Crippen LogP) is 2.27. The number of hydrogen-bond donors (Lipinski definition) is 2. The number of aromatic hydroxyl groups is 1. The minimum absolute atomic E-state index is 0.189. The van der Waals surface area contributed by atoms with E-state index in [1.54, 1.807) is 6.07 Å². The first-order chi connectivity index (χ1) is 10.1. The summed E-state index contributed by atoms with van der Waals surface area (Å²) in [6.07, 6.45) is 2.96. The van der Waals surface area contributed by atoms with Crippen LogP contribution in [0.25, 0.3) is 0 Å². The van der Waals surface area contributed by atoms with E-state index in [1.165, 1.54) is 0 Å². The highest BCUT2D eigenvalue weighted by Gasteiger charge is 2.12. The maximum atomic E-state index is 11.1. The van der Waals surface area contributed by atoms with E-state index < -0.39 is 0 Å². The highest BCUT2D eigenvalue weighted by atomic mass is 16.5. The van der Waals surface area contributed by atoms with E-state index in [9.17, 15) is 9.90 Å². The first-order valence-electron chi connectivity index (χ1n) is 7.52. The first kappa shape index (κ1) is 17.3. The zero-order valence-corrected chi connectivity index (χ0v) is 13.0. The van der Waals surface area contributed by atoms with Crippen molar-refractivity contribution in [1.29, 1.82) is 0 Å². The summed E-state index contributed by atoms with van der Waals surface area (Å²) in [5.74, 6) is 0.496. The molecule has 0 heterocycles. The molecule has 1 amide bonds. The Morgan fingerprint density at radius 1 is 1.33 bits per heavy atom. The SMILES string of the molecule is CCCCN(CC(N)=O)Cc1ccc(OCCC)cc1O. The molecule has 0 atom stereocenters. The monoisotopic (exact) mass is 294 g/mol. The third-order valence-corrected chi connectivity index (χ3v) is 3.13. The summed E-state index contributed by atoms with van der Waals surface area (Å²) in [5, 5.41) is 10.1. The third-order valence-electron chi connectivity index (χ3n) is 3.13. The number of rotatable bonds is 10. The van der Waals surface area contributed by atoms with Crippen LogP contribution in [0.5, 0.6) is 11.5 Å². The van der Waals surface area contributed by atoms with Crippen molar-refractivity contribution in [3.8, 4) is 11.5 Å². The molecule has 1 aromatic rings. The Hall–Kier alpha value is -1.75. The van der Waals surface area contributed by atoms with Gasteiger partial charge in [0.15, 0.2) is 0 Å². The van der Waals surface area contributed by atoms with E-state index >= 15 is 0 Å². The summed E-state index contributed by atoms with van der Waals surface area (Å²) >= 11 is 0. The number of carbonyl (C=O) groups is 1. The van der Waals surface area contributed by atoms with Gasteiger partial charge in [0.2, 0.25) is 5.91 Å². The molecule has 0 radical (unpaired) electrons. The predicted molar refractivity (Wildman–Crippen MR) is 83.3 cm³/mol. The second-order valence-electron chi connectivity index (χ2n) is 5.17. The number of ether oxygens (including phenoxy) is 1. The Morgan fingerprint density at radius 3 is 2.67 bits per heavy atom. The minimum Gasteiger partial charge on any atom is -0.507 e. The van der Waals surface area contributed by atoms with E-state index in [0.717, 1.165) is 31.4 Å². The van der Waals surface area contributed by atoms with E-state index in [4.69, 9.17) is 10.5 Å². The number of primary amides is 1. The molecule has 0 saturated carbocycles. The molecule has 118 valence electrons. The van der Waals surface area contributed by atoms with E-state index in [1.807, 2.05) is 24.0 Å². The highest BCUT2D eigenvalue weighted by Crippen LogP contribution is 2.25. The molecular formula is C16H26N2O3. The lowest BCUT2D eigenvalue weighted by atomic mass is 10.1. The van der Waals surface area contributed by atoms with Crippen LogP contribution in [0.15, 0.2) is 18.2 Å². The van der Waals surface area contributed by atoms with Crippen molar-refractivity contribution < 1.29 is 14.6 Å². The summed E-state index contributed by atoms with van der Waals surface area (Å²) in [7, 11) is 0. The molecule has 1 aromatic carbocycles. The number of amides is 1. The largest absolute Gasteiger partial charge is 0.507 e. The van der Waals surface area contributed by atoms with Crippen LogP contribution in [0.2, 0.25) is 0 Å². The molecular weight excluding hydrogens is 268 g/mol. The van der Waals surface area contributed by atoms with Gasteiger partial charge in [0.05, 0.1) is 13.2 Å². The molecule has 3 N–H and O–H groups in total. The number of nitrogens with two attached hydrogens (primary N) is 1. The normalized spacial score (nSPS) is 10.8. The fourth-order valence-corrected chi connectivity index (χ4v) is 2.04. The van der Waals surface area contributed by atoms with Gasteiger partial charge in [-0.1, -0.05) is 26.3 Å². The molecule has 0 spiro atoms. The molecule has 1 rings (SSSR count). The van der Waals surface area contributed by atoms with Crippen molar-refractivity contribution in [2.24, 2.45) is 5.73 Å². The van der Waals surface area contributed by atoms with Crippen LogP contribution in [-0.4, -0.2) is 35.6 Å². The summed E-state index contributed by atoms with van der Waals surface area (Å²) in [5.41, 5.74) is 6.05. The summed E-state index contributed by atoms with van der Waals surface area (Å²) in [6.45, 7) is 6.25. The van der Waals surface area contributed by atoms with Crippen LogP contribution in [0.3, 0.4) is 0 Å². The summed E-state index contributed by atoms with van der Waals surface area (Å²) in [4.78, 5) is 13.1. The Labute approximate surface area is 126 Å². The highest BCUT2D eigenvalue weighted by molar-refractivity contribution is 5.75. The Bertz CT molecular complexity index is 449. The van der Waals surface area contributed by atoms with Crippen molar-refractivity contribution in [3.63, 3.8) is 0 Å². The number of phenols is 1. The average molecular weight is 294 g/mol. The topological polar surface area (TPSA) is 75.8 Å². The number of hydrogen-bond acceptors (Lipinski definition) is 4. The molecule has 0 fully saturated rings. The number of nitrogens with zero attached hydrogens (tertiary/aromatic N) is 1. The number of benzene rings is 1. The van der Waals surface area contributed by atoms with E-state index in [0.29, 0.717) is 18.9 Å². The van der Waals surface area contributed by atoms with Crippen molar-refractivity contribution in [2.45, 2.75) is 39.7 Å². The summed E-state index contributed by atoms with van der Waals surface area (Å²) < 4.78 is 5.48. The molecule has 0 unspecified atom stereocenters. The molecule has 5 nitrogen and oxygen atoms in total. The Balaban J connectivity index is 2.71. The Morgan fingerprint density at radius 2 is 2.10 bits per heavy atom. The van der Waals surface area contributed by atoms with Gasteiger partial charge in [-0.3, -0.25) is 9.69 Å². The van der Waals surface area contributed by atoms with Gasteiger partial charge in [0.1, 0.15) is 11.5 Å². The Kier molecular flexibility index (Phi) is 7.61. The van der Waals surface area contributed by atoms with Crippen LogP contribution in [0.4, 0.5) is 0 Å². The van der Waals surface area contributed by atoms with Gasteiger partial charge in [-0.2, -0.15) is 0 Å². The average Bonchev–Trinajstić information content (AvgIpc) is 2.44. The fraction of sp³-hybridized carbons (Fsp3) is 0.562.